The summed E-state index contributed by atoms with van der Waals surface area (Å²) >= 11 is 11.4. The van der Waals surface area contributed by atoms with Crippen molar-refractivity contribution in [3.05, 3.63) is 91.5 Å². The third kappa shape index (κ3) is 3.42. The van der Waals surface area contributed by atoms with E-state index in [0.717, 1.165) is 12.8 Å². The standard InChI is InChI=1S/C30H22Br2S2/c1-3-19-25(17-11-7-5-8-12-17)26(18-13-9-6-10-14-18)20(4-2)28-27(19)29-21(15-23(31)33-29)22-16-24(32)34-30(22)28/h5-16H,3-4H2,1-2H3. The first kappa shape index (κ1) is 22.5. The van der Waals surface area contributed by atoms with Crippen LogP contribution in [0.4, 0.5) is 0 Å². The predicted octanol–water partition coefficient (Wildman–Crippen LogP) is 11.3. The Kier molecular flexibility index (Phi) is 5.89. The molecular formula is C30H22Br2S2. The van der Waals surface area contributed by atoms with E-state index < -0.39 is 0 Å². The molecule has 0 saturated heterocycles. The van der Waals surface area contributed by atoms with Crippen molar-refractivity contribution in [1.29, 1.82) is 0 Å². The van der Waals surface area contributed by atoms with Crippen LogP contribution in [0.15, 0.2) is 80.4 Å². The number of thiophene rings is 2. The summed E-state index contributed by atoms with van der Waals surface area (Å²) in [6, 6.07) is 26.6. The van der Waals surface area contributed by atoms with Gasteiger partial charge in [-0.2, -0.15) is 0 Å². The van der Waals surface area contributed by atoms with Gasteiger partial charge in [-0.25, -0.2) is 0 Å². The Morgan fingerprint density at radius 3 is 1.32 bits per heavy atom. The van der Waals surface area contributed by atoms with E-state index in [1.165, 1.54) is 71.9 Å². The maximum Gasteiger partial charge on any atom is 0.0711 e. The van der Waals surface area contributed by atoms with Crippen molar-refractivity contribution >= 4 is 85.5 Å². The Balaban J connectivity index is 1.97. The van der Waals surface area contributed by atoms with Gasteiger partial charge < -0.3 is 0 Å². The molecule has 0 aliphatic heterocycles. The van der Waals surface area contributed by atoms with Gasteiger partial charge >= 0.3 is 0 Å². The van der Waals surface area contributed by atoms with E-state index in [-0.39, 0.29) is 0 Å². The SMILES string of the molecule is CCc1c(-c2ccccc2)c(-c2ccccc2)c(CC)c2c3sc(Br)cc3c3cc(Br)sc3c12. The molecule has 4 aromatic carbocycles. The number of benzene rings is 4. The summed E-state index contributed by atoms with van der Waals surface area (Å²) in [5.74, 6) is 0. The van der Waals surface area contributed by atoms with Crippen molar-refractivity contribution in [2.45, 2.75) is 26.7 Å². The first-order valence-electron chi connectivity index (χ1n) is 11.5. The molecule has 6 rings (SSSR count). The van der Waals surface area contributed by atoms with Gasteiger partial charge in [0, 0.05) is 30.9 Å². The quantitative estimate of drug-likeness (QED) is 0.187. The van der Waals surface area contributed by atoms with Crippen molar-refractivity contribution in [3.63, 3.8) is 0 Å². The molecule has 0 nitrogen and oxygen atoms in total. The van der Waals surface area contributed by atoms with Crippen molar-refractivity contribution in [3.8, 4) is 22.3 Å². The molecule has 0 amide bonds. The summed E-state index contributed by atoms with van der Waals surface area (Å²) in [7, 11) is 0. The molecule has 168 valence electrons. The van der Waals surface area contributed by atoms with Gasteiger partial charge in [-0.15, -0.1) is 22.7 Å². The topological polar surface area (TPSA) is 0 Å². The summed E-state index contributed by atoms with van der Waals surface area (Å²) in [5.41, 5.74) is 8.27. The normalized spacial score (nSPS) is 11.8. The fraction of sp³-hybridized carbons (Fsp3) is 0.133. The lowest BCUT2D eigenvalue weighted by Gasteiger charge is -2.23. The second-order valence-electron chi connectivity index (χ2n) is 8.48. The average molecular weight is 606 g/mol. The van der Waals surface area contributed by atoms with Crippen LogP contribution >= 0.6 is 54.5 Å². The van der Waals surface area contributed by atoms with E-state index in [1.54, 1.807) is 0 Å². The van der Waals surface area contributed by atoms with Crippen LogP contribution in [0.5, 0.6) is 0 Å². The minimum Gasteiger partial charge on any atom is -0.128 e. The van der Waals surface area contributed by atoms with Crippen LogP contribution in [0.1, 0.15) is 25.0 Å². The lowest BCUT2D eigenvalue weighted by Crippen LogP contribution is -2.01. The number of aryl methyl sites for hydroxylation is 2. The molecule has 0 unspecified atom stereocenters. The number of halogens is 2. The van der Waals surface area contributed by atoms with Gasteiger partial charge in [-0.1, -0.05) is 74.5 Å². The third-order valence-corrected chi connectivity index (χ3v) is 10.00. The second-order valence-corrected chi connectivity index (χ2v) is 13.3. The van der Waals surface area contributed by atoms with Gasteiger partial charge in [0.1, 0.15) is 0 Å². The Morgan fingerprint density at radius 2 is 0.971 bits per heavy atom. The van der Waals surface area contributed by atoms with Crippen LogP contribution in [0.3, 0.4) is 0 Å². The van der Waals surface area contributed by atoms with Crippen molar-refractivity contribution in [1.82, 2.24) is 0 Å². The highest BCUT2D eigenvalue weighted by molar-refractivity contribution is 9.11. The molecule has 0 bridgehead atoms. The Morgan fingerprint density at radius 1 is 0.588 bits per heavy atom. The van der Waals surface area contributed by atoms with Crippen LogP contribution in [-0.4, -0.2) is 0 Å². The summed E-state index contributed by atoms with van der Waals surface area (Å²) in [6.45, 7) is 4.62. The summed E-state index contributed by atoms with van der Waals surface area (Å²) < 4.78 is 5.16. The highest BCUT2D eigenvalue weighted by atomic mass is 79.9. The molecule has 34 heavy (non-hydrogen) atoms. The molecule has 4 heteroatoms. The van der Waals surface area contributed by atoms with E-state index >= 15 is 0 Å². The molecule has 0 radical (unpaired) electrons. The van der Waals surface area contributed by atoms with E-state index in [2.05, 4.69) is 119 Å². The van der Waals surface area contributed by atoms with Gasteiger partial charge in [0.25, 0.3) is 0 Å². The molecule has 2 heterocycles. The number of hydrogen-bond acceptors (Lipinski definition) is 2. The molecule has 0 fully saturated rings. The highest BCUT2D eigenvalue weighted by Gasteiger charge is 2.25. The Hall–Kier alpha value is -1.98. The maximum absolute atomic E-state index is 3.81. The number of hydrogen-bond donors (Lipinski definition) is 0. The average Bonchev–Trinajstić information content (AvgIpc) is 3.45. The zero-order chi connectivity index (χ0) is 23.4. The predicted molar refractivity (Wildman–Crippen MR) is 160 cm³/mol. The monoisotopic (exact) mass is 604 g/mol. The molecule has 6 aromatic rings. The highest BCUT2D eigenvalue weighted by Crippen LogP contribution is 2.52. The first-order valence-corrected chi connectivity index (χ1v) is 14.8. The molecule has 0 N–H and O–H groups in total. The second kappa shape index (κ2) is 8.91. The molecule has 0 spiro atoms. The lowest BCUT2D eigenvalue weighted by atomic mass is 9.81. The number of fused-ring (bicyclic) bond motifs is 6. The zero-order valence-electron chi connectivity index (χ0n) is 18.9. The van der Waals surface area contributed by atoms with E-state index in [9.17, 15) is 0 Å². The zero-order valence-corrected chi connectivity index (χ0v) is 23.7. The summed E-state index contributed by atoms with van der Waals surface area (Å²) in [6.07, 6.45) is 1.96. The van der Waals surface area contributed by atoms with E-state index in [0.29, 0.717) is 0 Å². The molecular weight excluding hydrogens is 584 g/mol. The van der Waals surface area contributed by atoms with Gasteiger partial charge in [0.05, 0.1) is 7.57 Å². The molecule has 0 aliphatic carbocycles. The van der Waals surface area contributed by atoms with Gasteiger partial charge in [0.2, 0.25) is 0 Å². The van der Waals surface area contributed by atoms with Crippen molar-refractivity contribution < 1.29 is 0 Å². The molecule has 0 aliphatic rings. The van der Waals surface area contributed by atoms with Crippen molar-refractivity contribution in [2.24, 2.45) is 0 Å². The van der Waals surface area contributed by atoms with Gasteiger partial charge in [-0.05, 0) is 90.2 Å². The molecule has 0 atom stereocenters. The smallest absolute Gasteiger partial charge is 0.0711 e. The van der Waals surface area contributed by atoms with Gasteiger partial charge in [-0.3, -0.25) is 0 Å². The first-order chi connectivity index (χ1) is 16.6. The van der Waals surface area contributed by atoms with Crippen LogP contribution < -0.4 is 0 Å². The van der Waals surface area contributed by atoms with Crippen LogP contribution in [0, 0.1) is 0 Å². The Bertz CT molecular complexity index is 1550. The minimum absolute atomic E-state index is 0.979. The van der Waals surface area contributed by atoms with Crippen molar-refractivity contribution in [2.75, 3.05) is 0 Å². The van der Waals surface area contributed by atoms with Crippen LogP contribution in [-0.2, 0) is 12.8 Å². The molecule has 0 saturated carbocycles. The molecule has 2 aromatic heterocycles. The lowest BCUT2D eigenvalue weighted by molar-refractivity contribution is 1.14. The summed E-state index contributed by atoms with van der Waals surface area (Å²) in [5, 5.41) is 5.57. The largest absolute Gasteiger partial charge is 0.128 e. The maximum atomic E-state index is 3.81. The van der Waals surface area contributed by atoms with E-state index in [1.807, 2.05) is 22.7 Å². The van der Waals surface area contributed by atoms with Gasteiger partial charge in [0.15, 0.2) is 0 Å². The number of rotatable bonds is 4. The van der Waals surface area contributed by atoms with Crippen LogP contribution in [0.2, 0.25) is 0 Å². The van der Waals surface area contributed by atoms with Crippen LogP contribution in [0.25, 0.3) is 53.2 Å². The Labute approximate surface area is 224 Å². The summed E-state index contributed by atoms with van der Waals surface area (Å²) in [4.78, 5) is 0. The fourth-order valence-corrected chi connectivity index (χ4v) is 8.79. The van der Waals surface area contributed by atoms with E-state index in [4.69, 9.17) is 0 Å². The minimum atomic E-state index is 0.979. The third-order valence-electron chi connectivity index (χ3n) is 6.69. The fourth-order valence-electron chi connectivity index (χ4n) is 5.40.